The predicted octanol–water partition coefficient (Wildman–Crippen LogP) is 7.10. The molecule has 0 saturated heterocycles. The summed E-state index contributed by atoms with van der Waals surface area (Å²) in [6.45, 7) is 6.34. The number of hydrogen-bond acceptors (Lipinski definition) is 2. The van der Waals surface area contributed by atoms with Gasteiger partial charge in [-0.2, -0.15) is 0 Å². The zero-order valence-electron chi connectivity index (χ0n) is 20.0. The summed E-state index contributed by atoms with van der Waals surface area (Å²) in [7, 11) is -4.13. The monoisotopic (exact) mass is 447 g/mol. The van der Waals surface area contributed by atoms with E-state index in [1.807, 2.05) is 6.92 Å². The summed E-state index contributed by atoms with van der Waals surface area (Å²) in [4.78, 5) is 31.8. The van der Waals surface area contributed by atoms with Crippen LogP contribution < -0.4 is 5.32 Å². The number of rotatable bonds is 21. The van der Waals surface area contributed by atoms with Gasteiger partial charge in [-0.05, 0) is 25.7 Å². The van der Waals surface area contributed by atoms with Crippen molar-refractivity contribution in [1.29, 1.82) is 0 Å². The van der Waals surface area contributed by atoms with E-state index >= 15 is 0 Å². The van der Waals surface area contributed by atoms with Gasteiger partial charge >= 0.3 is 7.60 Å². The van der Waals surface area contributed by atoms with Gasteiger partial charge in [0.25, 0.3) is 0 Å². The molecule has 30 heavy (non-hydrogen) atoms. The van der Waals surface area contributed by atoms with Gasteiger partial charge in [0.2, 0.25) is 5.91 Å². The summed E-state index contributed by atoms with van der Waals surface area (Å²) in [6, 6.07) is -0.128. The fraction of sp³-hybridized carbons (Fsp3) is 0.958. The second-order valence-corrected chi connectivity index (χ2v) is 10.9. The summed E-state index contributed by atoms with van der Waals surface area (Å²) < 4.78 is 11.9. The number of carbonyl (C=O) groups is 1. The first-order valence-corrected chi connectivity index (χ1v) is 14.4. The normalized spacial score (nSPS) is 13.9. The molecule has 180 valence electrons. The van der Waals surface area contributed by atoms with E-state index < -0.39 is 13.3 Å². The van der Waals surface area contributed by atoms with Crippen LogP contribution in [-0.2, 0) is 9.36 Å². The van der Waals surface area contributed by atoms with E-state index in [4.69, 9.17) is 0 Å². The van der Waals surface area contributed by atoms with Crippen LogP contribution in [0.15, 0.2) is 0 Å². The molecule has 0 heterocycles. The number of amides is 1. The van der Waals surface area contributed by atoms with Crippen LogP contribution >= 0.6 is 7.60 Å². The Labute approximate surface area is 186 Å². The van der Waals surface area contributed by atoms with E-state index in [-0.39, 0.29) is 11.9 Å². The molecule has 2 atom stereocenters. The quantitative estimate of drug-likeness (QED) is 0.129. The average Bonchev–Trinajstić information content (AvgIpc) is 2.68. The number of unbranched alkanes of at least 4 members (excludes halogenated alkanes) is 11. The van der Waals surface area contributed by atoms with E-state index in [1.165, 1.54) is 44.9 Å². The van der Waals surface area contributed by atoms with Gasteiger partial charge in [-0.3, -0.25) is 9.36 Å². The van der Waals surface area contributed by atoms with Gasteiger partial charge in [-0.1, -0.05) is 104 Å². The molecule has 0 radical (unpaired) electrons. The van der Waals surface area contributed by atoms with E-state index in [9.17, 15) is 19.1 Å². The maximum absolute atomic E-state index is 12.4. The van der Waals surface area contributed by atoms with Crippen molar-refractivity contribution in [2.45, 2.75) is 148 Å². The molecule has 0 aliphatic carbocycles. The molecule has 0 rings (SSSR count). The van der Waals surface area contributed by atoms with Crippen molar-refractivity contribution in [3.8, 4) is 0 Å². The van der Waals surface area contributed by atoms with Crippen LogP contribution in [0.5, 0.6) is 0 Å². The van der Waals surface area contributed by atoms with Gasteiger partial charge < -0.3 is 15.1 Å². The third-order valence-electron chi connectivity index (χ3n) is 5.93. The molecule has 0 spiro atoms. The Hall–Kier alpha value is -0.380. The largest absolute Gasteiger partial charge is 0.353 e. The van der Waals surface area contributed by atoms with E-state index in [0.717, 1.165) is 51.4 Å². The first kappa shape index (κ1) is 29.6. The summed E-state index contributed by atoms with van der Waals surface area (Å²) in [5, 5.41) is 3.10. The molecule has 0 aromatic rings. The van der Waals surface area contributed by atoms with Gasteiger partial charge in [-0.25, -0.2) is 0 Å². The molecule has 0 bridgehead atoms. The van der Waals surface area contributed by atoms with Crippen LogP contribution in [0.4, 0.5) is 0 Å². The lowest BCUT2D eigenvalue weighted by Crippen LogP contribution is -2.37. The molecule has 2 unspecified atom stereocenters. The Morgan fingerprint density at radius 1 is 0.733 bits per heavy atom. The molecule has 0 aromatic carbocycles. The van der Waals surface area contributed by atoms with E-state index in [1.54, 1.807) is 0 Å². The number of nitrogens with one attached hydrogen (secondary N) is 1. The minimum Gasteiger partial charge on any atom is -0.353 e. The molecule has 5 nitrogen and oxygen atoms in total. The van der Waals surface area contributed by atoms with E-state index in [2.05, 4.69) is 19.2 Å². The lowest BCUT2D eigenvalue weighted by atomic mass is 10.0. The summed E-state index contributed by atoms with van der Waals surface area (Å²) in [5.41, 5.74) is -0.647. The highest BCUT2D eigenvalue weighted by molar-refractivity contribution is 7.52. The van der Waals surface area contributed by atoms with Crippen LogP contribution in [0.1, 0.15) is 136 Å². The first-order valence-electron chi connectivity index (χ1n) is 12.7. The van der Waals surface area contributed by atoms with Crippen LogP contribution in [-0.4, -0.2) is 27.4 Å². The van der Waals surface area contributed by atoms with Crippen molar-refractivity contribution in [2.75, 3.05) is 0 Å². The Morgan fingerprint density at radius 2 is 1.23 bits per heavy atom. The second-order valence-electron chi connectivity index (χ2n) is 8.96. The minimum absolute atomic E-state index is 0.0411. The molecule has 3 N–H and O–H groups in total. The van der Waals surface area contributed by atoms with Gasteiger partial charge in [-0.15, -0.1) is 0 Å². The molecule has 1 amide bonds. The molecule has 6 heteroatoms. The third-order valence-corrected chi connectivity index (χ3v) is 7.35. The van der Waals surface area contributed by atoms with Crippen molar-refractivity contribution in [2.24, 2.45) is 0 Å². The highest BCUT2D eigenvalue weighted by Gasteiger charge is 2.30. The molecule has 0 aliphatic rings. The molecule has 0 fully saturated rings. The highest BCUT2D eigenvalue weighted by atomic mass is 31.2. The second kappa shape index (κ2) is 19.3. The van der Waals surface area contributed by atoms with Crippen LogP contribution in [0, 0.1) is 0 Å². The third kappa shape index (κ3) is 17.3. The summed E-state index contributed by atoms with van der Waals surface area (Å²) >= 11 is 0. The number of hydrogen-bond donors (Lipinski definition) is 3. The molecular weight excluding hydrogens is 397 g/mol. The Balaban J connectivity index is 4.32. The fourth-order valence-electron chi connectivity index (χ4n) is 4.05. The van der Waals surface area contributed by atoms with Crippen molar-refractivity contribution in [3.05, 3.63) is 0 Å². The standard InChI is InChI=1S/C24H50NO4P/c1-4-7-9-11-12-13-14-15-17-20-24(26)25-22(19-16-10-8-5-2)21-23(18-6-3)30(27,28)29/h22-23H,4-21H2,1-3H3,(H,25,26)(H2,27,28,29). The Morgan fingerprint density at radius 3 is 1.73 bits per heavy atom. The number of carbonyl (C=O) groups excluding carboxylic acids is 1. The zero-order valence-corrected chi connectivity index (χ0v) is 20.9. The lowest BCUT2D eigenvalue weighted by molar-refractivity contribution is -0.122. The maximum atomic E-state index is 12.4. The van der Waals surface area contributed by atoms with Gasteiger partial charge in [0.1, 0.15) is 0 Å². The maximum Gasteiger partial charge on any atom is 0.328 e. The SMILES string of the molecule is CCCCCCCCCCCC(=O)NC(CCCCCC)CC(CCC)P(=O)(O)O. The van der Waals surface area contributed by atoms with Crippen LogP contribution in [0.3, 0.4) is 0 Å². The smallest absolute Gasteiger partial charge is 0.328 e. The van der Waals surface area contributed by atoms with Gasteiger partial charge in [0.15, 0.2) is 0 Å². The molecule has 0 aliphatic heterocycles. The summed E-state index contributed by atoms with van der Waals surface area (Å²) in [5.74, 6) is 0.0411. The molecule has 0 aromatic heterocycles. The average molecular weight is 448 g/mol. The Kier molecular flexibility index (Phi) is 19.1. The van der Waals surface area contributed by atoms with Crippen molar-refractivity contribution in [1.82, 2.24) is 5.32 Å². The van der Waals surface area contributed by atoms with Gasteiger partial charge in [0, 0.05) is 12.5 Å². The topological polar surface area (TPSA) is 86.6 Å². The molecule has 0 saturated carbocycles. The lowest BCUT2D eigenvalue weighted by Gasteiger charge is -2.25. The minimum atomic E-state index is -4.13. The van der Waals surface area contributed by atoms with Crippen molar-refractivity contribution in [3.63, 3.8) is 0 Å². The Bertz CT molecular complexity index is 452. The van der Waals surface area contributed by atoms with Gasteiger partial charge in [0.05, 0.1) is 5.66 Å². The van der Waals surface area contributed by atoms with E-state index in [0.29, 0.717) is 19.3 Å². The van der Waals surface area contributed by atoms with Crippen molar-refractivity contribution < 1.29 is 19.1 Å². The zero-order chi connectivity index (χ0) is 22.7. The van der Waals surface area contributed by atoms with Crippen LogP contribution in [0.25, 0.3) is 0 Å². The summed E-state index contributed by atoms with van der Waals surface area (Å²) in [6.07, 6.45) is 18.4. The molecular formula is C24H50NO4P. The predicted molar refractivity (Wildman–Crippen MR) is 128 cm³/mol. The van der Waals surface area contributed by atoms with Crippen LogP contribution in [0.2, 0.25) is 0 Å². The highest BCUT2D eigenvalue weighted by Crippen LogP contribution is 2.46. The first-order chi connectivity index (χ1) is 14.3. The van der Waals surface area contributed by atoms with Crippen molar-refractivity contribution >= 4 is 13.5 Å². The fourth-order valence-corrected chi connectivity index (χ4v) is 5.17.